The molecule has 1 aliphatic rings. The zero-order valence-corrected chi connectivity index (χ0v) is 15.8. The van der Waals surface area contributed by atoms with Crippen molar-refractivity contribution in [1.82, 2.24) is 5.01 Å². The molecule has 1 heterocycles. The zero-order valence-electron chi connectivity index (χ0n) is 15.8. The molecular formula is C22H17FN2O4. The van der Waals surface area contributed by atoms with Crippen LogP contribution in [0.5, 0.6) is 5.75 Å². The minimum atomic E-state index is -0.854. The summed E-state index contributed by atoms with van der Waals surface area (Å²) >= 11 is 0. The molecule has 0 fully saturated rings. The van der Waals surface area contributed by atoms with Crippen molar-refractivity contribution in [2.75, 3.05) is 0 Å². The van der Waals surface area contributed by atoms with Crippen LogP contribution < -0.4 is 4.74 Å². The Morgan fingerprint density at radius 1 is 1.03 bits per heavy atom. The van der Waals surface area contributed by atoms with Gasteiger partial charge in [-0.25, -0.2) is 4.39 Å². The number of hydrazone groups is 1. The van der Waals surface area contributed by atoms with Crippen molar-refractivity contribution >= 4 is 28.5 Å². The molecule has 4 rings (SSSR count). The van der Waals surface area contributed by atoms with Crippen molar-refractivity contribution in [2.24, 2.45) is 5.10 Å². The second kappa shape index (κ2) is 7.35. The van der Waals surface area contributed by atoms with E-state index in [0.717, 1.165) is 10.8 Å². The molecule has 3 aromatic rings. The van der Waals surface area contributed by atoms with Crippen molar-refractivity contribution < 1.29 is 23.5 Å². The first-order chi connectivity index (χ1) is 13.9. The summed E-state index contributed by atoms with van der Waals surface area (Å²) in [6, 6.07) is 16.6. The summed E-state index contributed by atoms with van der Waals surface area (Å²) in [5, 5.41) is 7.18. The predicted octanol–water partition coefficient (Wildman–Crippen LogP) is 4.14. The fraction of sp³-hybridized carbons (Fsp3) is 0.136. The molecule has 3 aromatic carbocycles. The molecule has 0 bridgehead atoms. The Bertz CT molecular complexity index is 1140. The van der Waals surface area contributed by atoms with Crippen LogP contribution in [0.1, 0.15) is 31.2 Å². The molecule has 0 aromatic heterocycles. The van der Waals surface area contributed by atoms with Gasteiger partial charge in [0.2, 0.25) is 18.0 Å². The fourth-order valence-electron chi connectivity index (χ4n) is 3.22. The molecule has 0 saturated carbocycles. The van der Waals surface area contributed by atoms with E-state index in [-0.39, 0.29) is 17.6 Å². The quantitative estimate of drug-likeness (QED) is 0.496. The summed E-state index contributed by atoms with van der Waals surface area (Å²) in [6.45, 7) is 2.67. The third kappa shape index (κ3) is 3.54. The maximum Gasteiger partial charge on any atom is 0.308 e. The number of hydrogen-bond donors (Lipinski definition) is 0. The minimum Gasteiger partial charge on any atom is -0.446 e. The molecule has 0 spiro atoms. The van der Waals surface area contributed by atoms with E-state index in [0.29, 0.717) is 11.1 Å². The second-order valence-electron chi connectivity index (χ2n) is 6.54. The van der Waals surface area contributed by atoms with Crippen LogP contribution in [0.15, 0.2) is 65.8 Å². The van der Waals surface area contributed by atoms with Gasteiger partial charge in [-0.1, -0.05) is 42.5 Å². The van der Waals surface area contributed by atoms with Gasteiger partial charge in [-0.15, -0.1) is 5.10 Å². The zero-order chi connectivity index (χ0) is 20.5. The van der Waals surface area contributed by atoms with Crippen LogP contribution in [0, 0.1) is 5.82 Å². The average molecular weight is 392 g/mol. The Morgan fingerprint density at radius 2 is 1.76 bits per heavy atom. The summed E-state index contributed by atoms with van der Waals surface area (Å²) in [4.78, 5) is 23.8. The Labute approximate surface area is 166 Å². The number of halogens is 1. The molecular weight excluding hydrogens is 375 g/mol. The standard InChI is InChI=1S/C22H17FN2O4/c1-13(26)25-22(16-7-10-17(23)11-8-16)29-21(24-25)20-18-6-4-3-5-15(18)9-12-19(20)28-14(2)27/h3-12,22H,1-2H3/t22-/m1/s1. The molecule has 1 aliphatic heterocycles. The third-order valence-corrected chi connectivity index (χ3v) is 4.48. The first kappa shape index (κ1) is 18.6. The fourth-order valence-corrected chi connectivity index (χ4v) is 3.22. The van der Waals surface area contributed by atoms with Crippen LogP contribution in [0.2, 0.25) is 0 Å². The smallest absolute Gasteiger partial charge is 0.308 e. The van der Waals surface area contributed by atoms with Gasteiger partial charge in [0, 0.05) is 19.4 Å². The van der Waals surface area contributed by atoms with E-state index in [1.165, 1.54) is 43.1 Å². The molecule has 146 valence electrons. The number of rotatable bonds is 3. The van der Waals surface area contributed by atoms with Gasteiger partial charge in [0.05, 0.1) is 5.56 Å². The van der Waals surface area contributed by atoms with E-state index in [1.54, 1.807) is 6.07 Å². The molecule has 0 unspecified atom stereocenters. The highest BCUT2D eigenvalue weighted by atomic mass is 19.1. The normalized spacial score (nSPS) is 15.8. The number of carbonyl (C=O) groups excluding carboxylic acids is 2. The maximum absolute atomic E-state index is 13.3. The molecule has 29 heavy (non-hydrogen) atoms. The Kier molecular flexibility index (Phi) is 4.72. The molecule has 0 N–H and O–H groups in total. The van der Waals surface area contributed by atoms with Crippen LogP contribution in [0.25, 0.3) is 10.8 Å². The molecule has 0 aliphatic carbocycles. The number of fused-ring (bicyclic) bond motifs is 1. The first-order valence-corrected chi connectivity index (χ1v) is 8.95. The van der Waals surface area contributed by atoms with Crippen molar-refractivity contribution in [1.29, 1.82) is 0 Å². The van der Waals surface area contributed by atoms with Gasteiger partial charge >= 0.3 is 5.97 Å². The van der Waals surface area contributed by atoms with Gasteiger partial charge < -0.3 is 9.47 Å². The maximum atomic E-state index is 13.3. The summed E-state index contributed by atoms with van der Waals surface area (Å²) < 4.78 is 24.7. The summed E-state index contributed by atoms with van der Waals surface area (Å²) in [6.07, 6.45) is -0.854. The molecule has 0 radical (unpaired) electrons. The highest BCUT2D eigenvalue weighted by molar-refractivity contribution is 6.10. The number of ether oxygens (including phenoxy) is 2. The Balaban J connectivity index is 1.84. The highest BCUT2D eigenvalue weighted by Crippen LogP contribution is 2.36. The monoisotopic (exact) mass is 392 g/mol. The number of amides is 1. The van der Waals surface area contributed by atoms with Gasteiger partial charge in [0.15, 0.2) is 0 Å². The summed E-state index contributed by atoms with van der Waals surface area (Å²) in [5.74, 6) is -0.809. The lowest BCUT2D eigenvalue weighted by molar-refractivity contribution is -0.135. The molecule has 6 nitrogen and oxygen atoms in total. The van der Waals surface area contributed by atoms with E-state index in [9.17, 15) is 14.0 Å². The molecule has 1 atom stereocenters. The second-order valence-corrected chi connectivity index (χ2v) is 6.54. The molecule has 7 heteroatoms. The van der Waals surface area contributed by atoms with Gasteiger partial charge in [-0.3, -0.25) is 9.59 Å². The largest absolute Gasteiger partial charge is 0.446 e. The van der Waals surface area contributed by atoms with E-state index in [4.69, 9.17) is 9.47 Å². The lowest BCUT2D eigenvalue weighted by atomic mass is 10.0. The number of nitrogens with zero attached hydrogens (tertiary/aromatic N) is 2. The number of hydrogen-bond acceptors (Lipinski definition) is 5. The Hall–Kier alpha value is -3.74. The molecule has 0 saturated heterocycles. The van der Waals surface area contributed by atoms with Crippen LogP contribution in [-0.4, -0.2) is 22.8 Å². The first-order valence-electron chi connectivity index (χ1n) is 8.95. The van der Waals surface area contributed by atoms with Crippen LogP contribution in [0.4, 0.5) is 4.39 Å². The van der Waals surface area contributed by atoms with E-state index < -0.39 is 18.0 Å². The van der Waals surface area contributed by atoms with Crippen molar-refractivity contribution in [3.8, 4) is 5.75 Å². The van der Waals surface area contributed by atoms with E-state index in [2.05, 4.69) is 5.10 Å². The van der Waals surface area contributed by atoms with Crippen molar-refractivity contribution in [2.45, 2.75) is 20.1 Å². The number of benzene rings is 3. The van der Waals surface area contributed by atoms with Gasteiger partial charge in [-0.05, 0) is 29.0 Å². The van der Waals surface area contributed by atoms with Crippen LogP contribution >= 0.6 is 0 Å². The predicted molar refractivity (Wildman–Crippen MR) is 105 cm³/mol. The minimum absolute atomic E-state index is 0.141. The lowest BCUT2D eigenvalue weighted by Crippen LogP contribution is -2.25. The number of esters is 1. The van der Waals surface area contributed by atoms with Crippen LogP contribution in [0.3, 0.4) is 0 Å². The van der Waals surface area contributed by atoms with Gasteiger partial charge in [0.25, 0.3) is 0 Å². The SMILES string of the molecule is CC(=O)Oc1ccc2ccccc2c1C1=NN(C(C)=O)[C@@H](c2ccc(F)cc2)O1. The van der Waals surface area contributed by atoms with Gasteiger partial charge in [-0.2, -0.15) is 5.01 Å². The van der Waals surface area contributed by atoms with Crippen LogP contribution in [-0.2, 0) is 14.3 Å². The highest BCUT2D eigenvalue weighted by Gasteiger charge is 2.35. The summed E-state index contributed by atoms with van der Waals surface area (Å²) in [5.41, 5.74) is 1.03. The third-order valence-electron chi connectivity index (χ3n) is 4.48. The van der Waals surface area contributed by atoms with Gasteiger partial charge in [0.1, 0.15) is 11.6 Å². The number of carbonyl (C=O) groups is 2. The van der Waals surface area contributed by atoms with Crippen molar-refractivity contribution in [3.05, 3.63) is 77.6 Å². The summed E-state index contributed by atoms with van der Waals surface area (Å²) in [7, 11) is 0. The lowest BCUT2D eigenvalue weighted by Gasteiger charge is -2.19. The average Bonchev–Trinajstić information content (AvgIpc) is 3.13. The topological polar surface area (TPSA) is 68.2 Å². The van der Waals surface area contributed by atoms with Crippen molar-refractivity contribution in [3.63, 3.8) is 0 Å². The molecule has 1 amide bonds. The van der Waals surface area contributed by atoms with E-state index in [1.807, 2.05) is 30.3 Å². The van der Waals surface area contributed by atoms with E-state index >= 15 is 0 Å². The Morgan fingerprint density at radius 3 is 2.45 bits per heavy atom.